The molecule has 6 nitrogen and oxygen atoms in total. The van der Waals surface area contributed by atoms with Crippen LogP contribution in [-0.4, -0.2) is 37.2 Å². The molecule has 19 heavy (non-hydrogen) atoms. The van der Waals surface area contributed by atoms with E-state index < -0.39 is 11.5 Å². The third-order valence-electron chi connectivity index (χ3n) is 2.86. The molecule has 0 spiro atoms. The first-order valence-electron chi connectivity index (χ1n) is 5.62. The van der Waals surface area contributed by atoms with Crippen molar-refractivity contribution in [2.75, 3.05) is 14.2 Å². The molecule has 1 unspecified atom stereocenters. The molecule has 104 valence electrons. The summed E-state index contributed by atoms with van der Waals surface area (Å²) < 4.78 is 10.3. The highest BCUT2D eigenvalue weighted by molar-refractivity contribution is 5.81. The standard InChI is InChI=1S/C13H17NO5/c1-13(12(16)17,14-8-15)7-9-4-5-10(18-2)11(6-9)19-3/h4-6,8H,7H2,1-3H3,(H,14,15)(H,16,17). The number of carboxylic acids is 1. The molecule has 1 amide bonds. The van der Waals surface area contributed by atoms with E-state index in [0.29, 0.717) is 17.9 Å². The second-order valence-corrected chi connectivity index (χ2v) is 4.27. The Hall–Kier alpha value is -2.24. The van der Waals surface area contributed by atoms with Gasteiger partial charge in [-0.3, -0.25) is 4.79 Å². The van der Waals surface area contributed by atoms with Gasteiger partial charge in [-0.05, 0) is 24.6 Å². The van der Waals surface area contributed by atoms with Crippen LogP contribution in [0, 0.1) is 0 Å². The smallest absolute Gasteiger partial charge is 0.329 e. The Labute approximate surface area is 111 Å². The van der Waals surface area contributed by atoms with E-state index >= 15 is 0 Å². The highest BCUT2D eigenvalue weighted by Crippen LogP contribution is 2.29. The van der Waals surface area contributed by atoms with Crippen LogP contribution in [0.1, 0.15) is 12.5 Å². The van der Waals surface area contributed by atoms with Crippen molar-refractivity contribution in [2.24, 2.45) is 0 Å². The normalized spacial score (nSPS) is 13.2. The lowest BCUT2D eigenvalue weighted by Gasteiger charge is -2.24. The van der Waals surface area contributed by atoms with Gasteiger partial charge in [0, 0.05) is 6.42 Å². The first-order chi connectivity index (χ1) is 8.96. The minimum Gasteiger partial charge on any atom is -0.493 e. The molecule has 0 heterocycles. The Balaban J connectivity index is 3.03. The number of methoxy groups -OCH3 is 2. The Morgan fingerprint density at radius 2 is 2.00 bits per heavy atom. The minimum absolute atomic E-state index is 0.140. The summed E-state index contributed by atoms with van der Waals surface area (Å²) in [6.45, 7) is 1.44. The molecule has 0 radical (unpaired) electrons. The van der Waals surface area contributed by atoms with Crippen LogP contribution in [0.5, 0.6) is 11.5 Å². The lowest BCUT2D eigenvalue weighted by molar-refractivity contribution is -0.145. The van der Waals surface area contributed by atoms with Gasteiger partial charge in [-0.1, -0.05) is 6.07 Å². The Morgan fingerprint density at radius 3 is 2.47 bits per heavy atom. The lowest BCUT2D eigenvalue weighted by Crippen LogP contribution is -2.50. The number of carbonyl (C=O) groups excluding carboxylic acids is 1. The van der Waals surface area contributed by atoms with Gasteiger partial charge in [-0.25, -0.2) is 4.79 Å². The fraction of sp³-hybridized carbons (Fsp3) is 0.385. The molecule has 0 bridgehead atoms. The van der Waals surface area contributed by atoms with Gasteiger partial charge >= 0.3 is 5.97 Å². The highest BCUT2D eigenvalue weighted by Gasteiger charge is 2.32. The van der Waals surface area contributed by atoms with Crippen LogP contribution < -0.4 is 14.8 Å². The Kier molecular flexibility index (Phi) is 4.74. The molecule has 0 fully saturated rings. The second kappa shape index (κ2) is 6.08. The number of nitrogens with one attached hydrogen (secondary N) is 1. The van der Waals surface area contributed by atoms with Crippen LogP contribution in [0.2, 0.25) is 0 Å². The monoisotopic (exact) mass is 267 g/mol. The molecule has 1 atom stereocenters. The number of aliphatic carboxylic acids is 1. The van der Waals surface area contributed by atoms with E-state index in [1.165, 1.54) is 21.1 Å². The topological polar surface area (TPSA) is 84.9 Å². The number of amides is 1. The number of carboxylic acid groups (broad SMARTS) is 1. The maximum absolute atomic E-state index is 11.2. The number of benzene rings is 1. The molecule has 0 saturated heterocycles. The van der Waals surface area contributed by atoms with Gasteiger partial charge < -0.3 is 19.9 Å². The molecule has 1 aromatic carbocycles. The van der Waals surface area contributed by atoms with E-state index in [4.69, 9.17) is 9.47 Å². The van der Waals surface area contributed by atoms with Crippen molar-refractivity contribution in [1.82, 2.24) is 5.32 Å². The molecule has 0 aliphatic heterocycles. The van der Waals surface area contributed by atoms with E-state index in [-0.39, 0.29) is 6.42 Å². The highest BCUT2D eigenvalue weighted by atomic mass is 16.5. The van der Waals surface area contributed by atoms with E-state index in [9.17, 15) is 14.7 Å². The zero-order valence-electron chi connectivity index (χ0n) is 11.1. The van der Waals surface area contributed by atoms with Crippen LogP contribution in [-0.2, 0) is 16.0 Å². The molecular formula is C13H17NO5. The number of hydrogen-bond acceptors (Lipinski definition) is 4. The Morgan fingerprint density at radius 1 is 1.37 bits per heavy atom. The number of ether oxygens (including phenoxy) is 2. The molecule has 0 aliphatic rings. The van der Waals surface area contributed by atoms with E-state index in [2.05, 4.69) is 5.32 Å². The summed E-state index contributed by atoms with van der Waals surface area (Å²) in [7, 11) is 3.02. The lowest BCUT2D eigenvalue weighted by atomic mass is 9.93. The average Bonchev–Trinajstić information content (AvgIpc) is 2.38. The summed E-state index contributed by atoms with van der Waals surface area (Å²) in [6, 6.07) is 5.11. The average molecular weight is 267 g/mol. The van der Waals surface area contributed by atoms with Crippen molar-refractivity contribution in [3.05, 3.63) is 23.8 Å². The summed E-state index contributed by atoms with van der Waals surface area (Å²) in [5.41, 5.74) is -0.640. The summed E-state index contributed by atoms with van der Waals surface area (Å²) in [5.74, 6) is -0.0279. The molecule has 0 aromatic heterocycles. The van der Waals surface area contributed by atoms with Crippen LogP contribution in [0.15, 0.2) is 18.2 Å². The molecule has 2 N–H and O–H groups in total. The van der Waals surface area contributed by atoms with Crippen molar-refractivity contribution in [3.63, 3.8) is 0 Å². The Bertz CT molecular complexity index is 474. The van der Waals surface area contributed by atoms with E-state index in [1.807, 2.05) is 0 Å². The molecule has 0 saturated carbocycles. The van der Waals surface area contributed by atoms with Crippen LogP contribution in [0.25, 0.3) is 0 Å². The van der Waals surface area contributed by atoms with Gasteiger partial charge in [-0.2, -0.15) is 0 Å². The van der Waals surface area contributed by atoms with Gasteiger partial charge in [0.1, 0.15) is 5.54 Å². The molecule has 1 rings (SSSR count). The fourth-order valence-electron chi connectivity index (χ4n) is 1.72. The largest absolute Gasteiger partial charge is 0.493 e. The molecule has 0 aliphatic carbocycles. The van der Waals surface area contributed by atoms with E-state index in [1.54, 1.807) is 18.2 Å². The van der Waals surface area contributed by atoms with Gasteiger partial charge in [-0.15, -0.1) is 0 Å². The number of rotatable bonds is 7. The summed E-state index contributed by atoms with van der Waals surface area (Å²) in [5, 5.41) is 11.5. The van der Waals surface area contributed by atoms with Gasteiger partial charge in [0.15, 0.2) is 11.5 Å². The number of hydrogen-bond donors (Lipinski definition) is 2. The summed E-state index contributed by atoms with van der Waals surface area (Å²) in [4.78, 5) is 21.7. The maximum atomic E-state index is 11.2. The molecular weight excluding hydrogens is 250 g/mol. The maximum Gasteiger partial charge on any atom is 0.329 e. The van der Waals surface area contributed by atoms with Crippen molar-refractivity contribution in [2.45, 2.75) is 18.9 Å². The third kappa shape index (κ3) is 3.37. The van der Waals surface area contributed by atoms with Crippen molar-refractivity contribution in [3.8, 4) is 11.5 Å². The number of carbonyl (C=O) groups is 2. The van der Waals surface area contributed by atoms with E-state index in [0.717, 1.165) is 5.56 Å². The molecule has 1 aromatic rings. The van der Waals surface area contributed by atoms with Gasteiger partial charge in [0.2, 0.25) is 6.41 Å². The van der Waals surface area contributed by atoms with Gasteiger partial charge in [0.05, 0.1) is 14.2 Å². The third-order valence-corrected chi connectivity index (χ3v) is 2.86. The van der Waals surface area contributed by atoms with Gasteiger partial charge in [0.25, 0.3) is 0 Å². The predicted molar refractivity (Wildman–Crippen MR) is 68.5 cm³/mol. The predicted octanol–water partition coefficient (Wildman–Crippen LogP) is 0.836. The SMILES string of the molecule is COc1ccc(CC(C)(NC=O)C(=O)O)cc1OC. The van der Waals surface area contributed by atoms with Crippen LogP contribution >= 0.6 is 0 Å². The zero-order valence-corrected chi connectivity index (χ0v) is 11.1. The first-order valence-corrected chi connectivity index (χ1v) is 5.62. The minimum atomic E-state index is -1.36. The van der Waals surface area contributed by atoms with Crippen molar-refractivity contribution < 1.29 is 24.2 Å². The first kappa shape index (κ1) is 14.8. The van der Waals surface area contributed by atoms with Crippen LogP contribution in [0.4, 0.5) is 0 Å². The van der Waals surface area contributed by atoms with Crippen molar-refractivity contribution >= 4 is 12.4 Å². The summed E-state index contributed by atoms with van der Waals surface area (Å²) >= 11 is 0. The van der Waals surface area contributed by atoms with Crippen molar-refractivity contribution in [1.29, 1.82) is 0 Å². The zero-order chi connectivity index (χ0) is 14.5. The fourth-order valence-corrected chi connectivity index (χ4v) is 1.72. The van der Waals surface area contributed by atoms with Crippen LogP contribution in [0.3, 0.4) is 0 Å². The second-order valence-electron chi connectivity index (χ2n) is 4.27. The quantitative estimate of drug-likeness (QED) is 0.715. The summed E-state index contributed by atoms with van der Waals surface area (Å²) in [6.07, 6.45) is 0.524. The molecule has 6 heteroatoms.